The molecule has 112 valence electrons. The minimum Gasteiger partial charge on any atom is -0.417 e. The minimum atomic E-state index is -0.558. The largest absolute Gasteiger partial charge is 0.417 e. The molecule has 0 atom stereocenters. The van der Waals surface area contributed by atoms with E-state index in [-0.39, 0.29) is 19.4 Å². The quantitative estimate of drug-likeness (QED) is 0.647. The molecular formula is C18H13F2NSi2. The lowest BCUT2D eigenvalue weighted by Crippen LogP contribution is -2.44. The van der Waals surface area contributed by atoms with Crippen LogP contribution in [0.25, 0.3) is 0 Å². The Bertz CT molecular complexity index is 725. The number of halogens is 2. The van der Waals surface area contributed by atoms with Gasteiger partial charge >= 0.3 is 0 Å². The van der Waals surface area contributed by atoms with Crippen molar-refractivity contribution in [2.45, 2.75) is 0 Å². The van der Waals surface area contributed by atoms with Crippen LogP contribution in [0, 0.1) is 11.6 Å². The molecule has 23 heavy (non-hydrogen) atoms. The highest BCUT2D eigenvalue weighted by Gasteiger charge is 2.16. The van der Waals surface area contributed by atoms with E-state index in [2.05, 4.69) is 0 Å². The molecule has 0 N–H and O–H groups in total. The number of hydrogen-bond acceptors (Lipinski definition) is 1. The highest BCUT2D eigenvalue weighted by Crippen LogP contribution is 2.18. The van der Waals surface area contributed by atoms with E-state index in [0.29, 0.717) is 5.69 Å². The average Bonchev–Trinajstić information content (AvgIpc) is 2.56. The second-order valence-corrected chi connectivity index (χ2v) is 7.83. The summed E-state index contributed by atoms with van der Waals surface area (Å²) in [4.78, 5) is 0. The van der Waals surface area contributed by atoms with Gasteiger partial charge in [0.25, 0.3) is 0 Å². The van der Waals surface area contributed by atoms with Crippen molar-refractivity contribution in [2.75, 3.05) is 4.23 Å². The first kappa shape index (κ1) is 15.6. The standard InChI is InChI=1S/C18H13F2NSi2/c19-14-11-12-18(17(20)13-14)21(22-15-7-3-1-4-8-15)23-16-9-5-2-6-10-16/h1-13H. The van der Waals surface area contributed by atoms with Crippen LogP contribution in [0.4, 0.5) is 14.5 Å². The van der Waals surface area contributed by atoms with E-state index in [1.54, 1.807) is 0 Å². The smallest absolute Gasteiger partial charge is 0.212 e. The van der Waals surface area contributed by atoms with E-state index in [4.69, 9.17) is 0 Å². The second kappa shape index (κ2) is 7.35. The Morgan fingerprint density at radius 1 is 0.652 bits per heavy atom. The fraction of sp³-hybridized carbons (Fsp3) is 0. The topological polar surface area (TPSA) is 3.24 Å². The minimum absolute atomic E-state index is 0.275. The molecule has 0 bridgehead atoms. The lowest BCUT2D eigenvalue weighted by molar-refractivity contribution is 0.585. The zero-order chi connectivity index (χ0) is 16.1. The first-order valence-electron chi connectivity index (χ1n) is 7.11. The molecule has 0 aliphatic carbocycles. The summed E-state index contributed by atoms with van der Waals surface area (Å²) in [7, 11) is 0.550. The van der Waals surface area contributed by atoms with E-state index in [0.717, 1.165) is 16.4 Å². The van der Waals surface area contributed by atoms with Crippen molar-refractivity contribution in [1.29, 1.82) is 0 Å². The van der Waals surface area contributed by atoms with Crippen LogP contribution in [0.2, 0.25) is 0 Å². The lowest BCUT2D eigenvalue weighted by Gasteiger charge is -2.24. The van der Waals surface area contributed by atoms with Gasteiger partial charge in [-0.1, -0.05) is 60.7 Å². The summed E-state index contributed by atoms with van der Waals surface area (Å²) in [5.74, 6) is -1.09. The van der Waals surface area contributed by atoms with E-state index in [1.165, 1.54) is 12.1 Å². The summed E-state index contributed by atoms with van der Waals surface area (Å²) >= 11 is 0. The molecule has 5 heteroatoms. The number of anilines is 1. The number of nitrogens with zero attached hydrogens (tertiary/aromatic N) is 1. The Balaban J connectivity index is 1.92. The van der Waals surface area contributed by atoms with Gasteiger partial charge in [-0.25, -0.2) is 8.78 Å². The number of hydrogen-bond donors (Lipinski definition) is 0. The zero-order valence-corrected chi connectivity index (χ0v) is 14.2. The van der Waals surface area contributed by atoms with Gasteiger partial charge in [0.15, 0.2) is 0 Å². The predicted octanol–water partition coefficient (Wildman–Crippen LogP) is 2.66. The maximum atomic E-state index is 14.2. The molecular weight excluding hydrogens is 324 g/mol. The molecule has 0 spiro atoms. The SMILES string of the molecule is Fc1ccc(N([Si]c2ccccc2)[Si]c2ccccc2)c(F)c1. The van der Waals surface area contributed by atoms with Gasteiger partial charge < -0.3 is 4.23 Å². The Labute approximate surface area is 139 Å². The third kappa shape index (κ3) is 4.15. The first-order valence-corrected chi connectivity index (χ1v) is 9.00. The van der Waals surface area contributed by atoms with Crippen molar-refractivity contribution in [1.82, 2.24) is 0 Å². The molecule has 0 saturated heterocycles. The third-order valence-electron chi connectivity index (χ3n) is 3.18. The molecule has 0 aromatic heterocycles. The molecule has 0 heterocycles. The van der Waals surface area contributed by atoms with E-state index < -0.39 is 11.6 Å². The molecule has 0 amide bonds. The van der Waals surface area contributed by atoms with E-state index >= 15 is 0 Å². The fourth-order valence-electron chi connectivity index (χ4n) is 2.09. The summed E-state index contributed by atoms with van der Waals surface area (Å²) in [6, 6.07) is 23.6. The Kier molecular flexibility index (Phi) is 5.00. The van der Waals surface area contributed by atoms with Crippen molar-refractivity contribution in [2.24, 2.45) is 0 Å². The zero-order valence-electron chi connectivity index (χ0n) is 12.2. The molecule has 1 nitrogen and oxygen atoms in total. The summed E-state index contributed by atoms with van der Waals surface area (Å²) < 4.78 is 29.4. The molecule has 0 saturated carbocycles. The van der Waals surface area contributed by atoms with Gasteiger partial charge in [-0.2, -0.15) is 0 Å². The van der Waals surface area contributed by atoms with Crippen molar-refractivity contribution >= 4 is 35.4 Å². The monoisotopic (exact) mass is 337 g/mol. The average molecular weight is 337 g/mol. The summed E-state index contributed by atoms with van der Waals surface area (Å²) in [5.41, 5.74) is 0.427. The summed E-state index contributed by atoms with van der Waals surface area (Å²) in [5, 5.41) is 2.22. The van der Waals surface area contributed by atoms with Crippen molar-refractivity contribution in [3.8, 4) is 0 Å². The van der Waals surface area contributed by atoms with Crippen molar-refractivity contribution in [3.63, 3.8) is 0 Å². The normalized spacial score (nSPS) is 10.5. The molecule has 0 aliphatic rings. The highest BCUT2D eigenvalue weighted by atomic mass is 28.3. The second-order valence-electron chi connectivity index (χ2n) is 4.89. The van der Waals surface area contributed by atoms with Crippen LogP contribution in [0.5, 0.6) is 0 Å². The molecule has 0 fully saturated rings. The van der Waals surface area contributed by atoms with Gasteiger partial charge in [-0.3, -0.25) is 0 Å². The van der Waals surface area contributed by atoms with Crippen LogP contribution in [0.15, 0.2) is 78.9 Å². The maximum absolute atomic E-state index is 14.2. The van der Waals surface area contributed by atoms with Crippen LogP contribution in [-0.2, 0) is 0 Å². The van der Waals surface area contributed by atoms with Crippen molar-refractivity contribution < 1.29 is 8.78 Å². The van der Waals surface area contributed by atoms with Crippen LogP contribution < -0.4 is 14.6 Å². The van der Waals surface area contributed by atoms with Gasteiger partial charge in [0.1, 0.15) is 11.6 Å². The van der Waals surface area contributed by atoms with Gasteiger partial charge in [0.2, 0.25) is 19.4 Å². The molecule has 0 unspecified atom stereocenters. The predicted molar refractivity (Wildman–Crippen MR) is 92.5 cm³/mol. The summed E-state index contributed by atoms with van der Waals surface area (Å²) in [6.45, 7) is 0. The van der Waals surface area contributed by atoms with Crippen LogP contribution in [0.3, 0.4) is 0 Å². The summed E-state index contributed by atoms with van der Waals surface area (Å²) in [6.07, 6.45) is 0. The van der Waals surface area contributed by atoms with Gasteiger partial charge in [-0.15, -0.1) is 0 Å². The molecule has 3 aromatic carbocycles. The van der Waals surface area contributed by atoms with E-state index in [9.17, 15) is 8.78 Å². The fourth-order valence-corrected chi connectivity index (χ4v) is 4.90. The van der Waals surface area contributed by atoms with Crippen LogP contribution in [0.1, 0.15) is 0 Å². The van der Waals surface area contributed by atoms with Crippen LogP contribution >= 0.6 is 0 Å². The lowest BCUT2D eigenvalue weighted by atomic mass is 10.3. The van der Waals surface area contributed by atoms with Gasteiger partial charge in [0.05, 0.1) is 5.69 Å². The van der Waals surface area contributed by atoms with Gasteiger partial charge in [-0.05, 0) is 22.5 Å². The Hall–Kier alpha value is -2.25. The molecule has 3 rings (SSSR count). The number of benzene rings is 3. The van der Waals surface area contributed by atoms with Crippen molar-refractivity contribution in [3.05, 3.63) is 90.5 Å². The number of rotatable bonds is 5. The van der Waals surface area contributed by atoms with E-state index in [1.807, 2.05) is 64.9 Å². The molecule has 3 aromatic rings. The van der Waals surface area contributed by atoms with Crippen LogP contribution in [-0.4, -0.2) is 19.4 Å². The Morgan fingerprint density at radius 3 is 1.65 bits per heavy atom. The Morgan fingerprint density at radius 2 is 1.17 bits per heavy atom. The third-order valence-corrected chi connectivity index (χ3v) is 5.96. The molecule has 0 aliphatic heterocycles. The maximum Gasteiger partial charge on any atom is 0.212 e. The molecule has 4 radical (unpaired) electrons. The van der Waals surface area contributed by atoms with Gasteiger partial charge in [0, 0.05) is 6.07 Å². The highest BCUT2D eigenvalue weighted by molar-refractivity contribution is 6.76. The first-order chi connectivity index (χ1) is 11.2.